The Kier molecular flexibility index (Phi) is 19.4. The van der Waals surface area contributed by atoms with Gasteiger partial charge < -0.3 is 41.3 Å². The molecule has 3 heteroatoms. The van der Waals surface area contributed by atoms with Crippen molar-refractivity contribution in [2.24, 2.45) is 0 Å². The zero-order chi connectivity index (χ0) is 7.07. The van der Waals surface area contributed by atoms with Gasteiger partial charge in [-0.05, 0) is 0 Å². The molecule has 0 aliphatic carbocycles. The summed E-state index contributed by atoms with van der Waals surface area (Å²) in [4.78, 5) is 0. The quantitative estimate of drug-likeness (QED) is 0.357. The van der Waals surface area contributed by atoms with Crippen molar-refractivity contribution in [2.45, 2.75) is 0 Å². The molecule has 0 aromatic heterocycles. The molecule has 0 fully saturated rings. The minimum absolute atomic E-state index is 0. The summed E-state index contributed by atoms with van der Waals surface area (Å²) in [7, 11) is 0. The molecule has 0 radical (unpaired) electrons. The first-order valence-electron chi connectivity index (χ1n) is 3.33. The molecule has 0 saturated carbocycles. The third-order valence-electron chi connectivity index (χ3n) is 1.11. The van der Waals surface area contributed by atoms with Crippen LogP contribution in [0.25, 0.3) is 0 Å². The van der Waals surface area contributed by atoms with Gasteiger partial charge in [0.15, 0.2) is 0 Å². The fourth-order valence-electron chi connectivity index (χ4n) is 0.642. The summed E-state index contributed by atoms with van der Waals surface area (Å²) < 4.78 is 0. The van der Waals surface area contributed by atoms with Crippen molar-refractivity contribution in [2.75, 3.05) is 0 Å². The Morgan fingerprint density at radius 3 is 1.08 bits per heavy atom. The number of hydrogen-bond acceptors (Lipinski definition) is 0. The molecule has 0 aliphatic rings. The molecule has 0 bridgehead atoms. The molecule has 0 heterocycles. The van der Waals surface area contributed by atoms with Crippen LogP contribution >= 0.6 is 0 Å². The van der Waals surface area contributed by atoms with Crippen molar-refractivity contribution in [3.8, 4) is 0 Å². The van der Waals surface area contributed by atoms with Gasteiger partial charge in [0.05, 0.1) is 0 Å². The second kappa shape index (κ2) is 13.9. The largest absolute Gasteiger partial charge is 2.00 e. The molecule has 0 spiro atoms. The summed E-state index contributed by atoms with van der Waals surface area (Å²) in [5.74, 6) is 0. The fraction of sp³-hybridized carbons (Fsp3) is 0. The summed E-state index contributed by atoms with van der Waals surface area (Å²) in [5.41, 5.74) is 0. The first-order valence-corrected chi connectivity index (χ1v) is 3.33. The van der Waals surface area contributed by atoms with E-state index >= 15 is 0 Å². The van der Waals surface area contributed by atoms with Gasteiger partial charge in [-0.2, -0.15) is 18.2 Å². The van der Waals surface area contributed by atoms with E-state index in [-0.39, 0.29) is 32.7 Å². The van der Waals surface area contributed by atoms with Gasteiger partial charge in [0.2, 0.25) is 0 Å². The molecule has 2 rings (SSSR count). The molecule has 2 aromatic rings. The van der Waals surface area contributed by atoms with Crippen molar-refractivity contribution in [1.29, 1.82) is 0 Å². The van der Waals surface area contributed by atoms with Crippen molar-refractivity contribution in [3.63, 3.8) is 0 Å². The number of hydrogen-bond donors (Lipinski definition) is 0. The van der Waals surface area contributed by atoms with Crippen LogP contribution < -0.4 is 0 Å². The van der Waals surface area contributed by atoms with Crippen LogP contribution in [0.1, 0.15) is 0 Å². The molecule has 2 aromatic carbocycles. The molecule has 2 nitrogen and oxygen atoms in total. The van der Waals surface area contributed by atoms with Crippen LogP contribution in [0.5, 0.6) is 0 Å². The van der Waals surface area contributed by atoms with E-state index < -0.39 is 0 Å². The molecular formula is C10H16O2Ti-2. The molecule has 6 N–H and O–H groups in total. The van der Waals surface area contributed by atoms with Crippen LogP contribution in [-0.2, 0) is 32.7 Å². The summed E-state index contributed by atoms with van der Waals surface area (Å²) in [6.45, 7) is 0. The second-order valence-electron chi connectivity index (χ2n) is 1.92. The van der Waals surface area contributed by atoms with E-state index in [0.717, 1.165) is 0 Å². The third-order valence-corrected chi connectivity index (χ3v) is 1.11. The van der Waals surface area contributed by atoms with Crippen molar-refractivity contribution >= 4 is 0 Å². The maximum Gasteiger partial charge on any atom is 2.00 e. The Labute approximate surface area is 93.4 Å². The first kappa shape index (κ1) is 18.2. The van der Waals surface area contributed by atoms with E-state index in [1.165, 1.54) is 0 Å². The van der Waals surface area contributed by atoms with Gasteiger partial charge in [-0.1, -0.05) is 0 Å². The SMILES string of the molecule is [OH3+].[OH3+].[Ti+2].[cH-]1[cH-][cH-][cH-][cH-]1.c1cc[cH-]c1. The molecule has 0 unspecified atom stereocenters. The second-order valence-corrected chi connectivity index (χ2v) is 1.92. The molecule has 0 aliphatic heterocycles. The van der Waals surface area contributed by atoms with Crippen molar-refractivity contribution < 1.29 is 32.7 Å². The summed E-state index contributed by atoms with van der Waals surface area (Å²) in [5, 5.41) is 0. The van der Waals surface area contributed by atoms with E-state index in [2.05, 4.69) is 0 Å². The molecule has 0 saturated heterocycles. The summed E-state index contributed by atoms with van der Waals surface area (Å²) >= 11 is 0. The Morgan fingerprint density at radius 2 is 0.923 bits per heavy atom. The van der Waals surface area contributed by atoms with E-state index in [9.17, 15) is 0 Å². The van der Waals surface area contributed by atoms with Gasteiger partial charge in [-0.3, -0.25) is 0 Å². The maximum absolute atomic E-state index is 2.00. The Bertz CT molecular complexity index is 152. The van der Waals surface area contributed by atoms with Gasteiger partial charge in [0.1, 0.15) is 0 Å². The van der Waals surface area contributed by atoms with Crippen LogP contribution in [0.3, 0.4) is 0 Å². The predicted octanol–water partition coefficient (Wildman–Crippen LogP) is 0.965. The van der Waals surface area contributed by atoms with E-state index in [4.69, 9.17) is 0 Å². The van der Waals surface area contributed by atoms with Gasteiger partial charge in [-0.25, -0.2) is 12.1 Å². The number of rotatable bonds is 0. The molecule has 13 heavy (non-hydrogen) atoms. The minimum Gasteiger partial charge on any atom is -0.748 e. The van der Waals surface area contributed by atoms with Gasteiger partial charge in [0, 0.05) is 0 Å². The minimum atomic E-state index is 0. The predicted molar refractivity (Wildman–Crippen MR) is 53.8 cm³/mol. The smallest absolute Gasteiger partial charge is 0.748 e. The Balaban J connectivity index is -0.000000125. The average Bonchev–Trinajstić information content (AvgIpc) is 2.67. The van der Waals surface area contributed by atoms with E-state index in [1.54, 1.807) is 0 Å². The molecule has 0 amide bonds. The van der Waals surface area contributed by atoms with Crippen LogP contribution in [0.4, 0.5) is 0 Å². The summed E-state index contributed by atoms with van der Waals surface area (Å²) in [6.07, 6.45) is 0. The topological polar surface area (TPSA) is 66.0 Å². The van der Waals surface area contributed by atoms with Gasteiger partial charge in [-0.15, -0.1) is 0 Å². The Morgan fingerprint density at radius 1 is 0.615 bits per heavy atom. The molecule has 74 valence electrons. The maximum atomic E-state index is 2.00. The van der Waals surface area contributed by atoms with Crippen LogP contribution in [0.2, 0.25) is 0 Å². The Hall–Kier alpha value is -0.666. The van der Waals surface area contributed by atoms with Crippen molar-refractivity contribution in [1.82, 2.24) is 0 Å². The van der Waals surface area contributed by atoms with Gasteiger partial charge in [0.25, 0.3) is 0 Å². The van der Waals surface area contributed by atoms with Gasteiger partial charge >= 0.3 is 21.7 Å². The zero-order valence-electron chi connectivity index (χ0n) is 7.43. The summed E-state index contributed by atoms with van der Waals surface area (Å²) in [6, 6.07) is 20.0. The normalized spacial score (nSPS) is 6.15. The third kappa shape index (κ3) is 11.3. The first-order chi connectivity index (χ1) is 5.00. The standard InChI is InChI=1S/2C5H5.2H2O.Ti/c2*1-2-4-5-3-1;;;/h2*1-5H;2*1H2;/q-5;-1;;;+2/p+2. The zero-order valence-corrected chi connectivity index (χ0v) is 8.99. The van der Waals surface area contributed by atoms with Crippen LogP contribution in [0, 0.1) is 0 Å². The molecule has 0 atom stereocenters. The van der Waals surface area contributed by atoms with E-state index in [0.29, 0.717) is 0 Å². The monoisotopic (exact) mass is 216 g/mol. The van der Waals surface area contributed by atoms with Crippen molar-refractivity contribution in [3.05, 3.63) is 60.7 Å². The average molecular weight is 216 g/mol. The fourth-order valence-corrected chi connectivity index (χ4v) is 0.642. The molecular weight excluding hydrogens is 200 g/mol. The van der Waals surface area contributed by atoms with E-state index in [1.807, 2.05) is 60.7 Å². The van der Waals surface area contributed by atoms with Crippen LogP contribution in [-0.4, -0.2) is 0 Å². The van der Waals surface area contributed by atoms with Crippen LogP contribution in [0.15, 0.2) is 60.7 Å².